The van der Waals surface area contributed by atoms with Crippen molar-refractivity contribution in [2.45, 2.75) is 65.7 Å². The number of hydrogen-bond acceptors (Lipinski definition) is 1. The monoisotopic (exact) mass is 258 g/mol. The fraction of sp³-hybridized carbons (Fsp3) is 0.611. The lowest BCUT2D eigenvalue weighted by atomic mass is 9.84. The Hall–Kier alpha value is -1.11. The molecule has 0 aromatic heterocycles. The molecular formula is C18H26O. The molecule has 1 aliphatic rings. The zero-order valence-electron chi connectivity index (χ0n) is 12.6. The van der Waals surface area contributed by atoms with Gasteiger partial charge in [0.05, 0.1) is 0 Å². The van der Waals surface area contributed by atoms with E-state index in [2.05, 4.69) is 32.9 Å². The van der Waals surface area contributed by atoms with Crippen LogP contribution in [0.2, 0.25) is 0 Å². The average Bonchev–Trinajstić information content (AvgIpc) is 2.36. The largest absolute Gasteiger partial charge is 0.294 e. The summed E-state index contributed by atoms with van der Waals surface area (Å²) in [4.78, 5) is 12.4. The zero-order chi connectivity index (χ0) is 13.8. The summed E-state index contributed by atoms with van der Waals surface area (Å²) in [6.07, 6.45) is 8.60. The molecule has 1 fully saturated rings. The van der Waals surface area contributed by atoms with Crippen LogP contribution in [0.3, 0.4) is 0 Å². The van der Waals surface area contributed by atoms with Crippen LogP contribution in [0.5, 0.6) is 0 Å². The van der Waals surface area contributed by atoms with Crippen LogP contribution in [0.25, 0.3) is 0 Å². The molecule has 0 heterocycles. The summed E-state index contributed by atoms with van der Waals surface area (Å²) in [5.41, 5.74) is 4.51. The second-order valence-corrected chi connectivity index (χ2v) is 6.24. The molecule has 0 radical (unpaired) electrons. The summed E-state index contributed by atoms with van der Waals surface area (Å²) in [7, 11) is 0. The number of aryl methyl sites for hydroxylation is 3. The molecule has 19 heavy (non-hydrogen) atoms. The lowest BCUT2D eigenvalue weighted by Crippen LogP contribution is -2.11. The van der Waals surface area contributed by atoms with Gasteiger partial charge in [0, 0.05) is 12.0 Å². The molecule has 2 rings (SSSR count). The van der Waals surface area contributed by atoms with Crippen molar-refractivity contribution in [2.75, 3.05) is 0 Å². The van der Waals surface area contributed by atoms with Crippen LogP contribution < -0.4 is 0 Å². The van der Waals surface area contributed by atoms with Gasteiger partial charge in [0.15, 0.2) is 5.78 Å². The van der Waals surface area contributed by atoms with E-state index in [-0.39, 0.29) is 0 Å². The van der Waals surface area contributed by atoms with Crippen molar-refractivity contribution in [3.8, 4) is 0 Å². The number of Topliss-reactive ketones (excluding diaryl/α,β-unsaturated/α-hetero) is 1. The number of ketones is 1. The Bertz CT molecular complexity index is 430. The third-order valence-electron chi connectivity index (χ3n) is 4.46. The Balaban J connectivity index is 1.99. The summed E-state index contributed by atoms with van der Waals surface area (Å²) in [6.45, 7) is 6.22. The van der Waals surface area contributed by atoms with E-state index in [9.17, 15) is 4.79 Å². The summed E-state index contributed by atoms with van der Waals surface area (Å²) in [5, 5.41) is 0. The second-order valence-electron chi connectivity index (χ2n) is 6.24. The molecule has 1 nitrogen and oxygen atoms in total. The Kier molecular flexibility index (Phi) is 4.79. The first-order valence-corrected chi connectivity index (χ1v) is 7.69. The predicted octanol–water partition coefficient (Wildman–Crippen LogP) is 5.16. The predicted molar refractivity (Wildman–Crippen MR) is 80.8 cm³/mol. The van der Waals surface area contributed by atoms with Crippen LogP contribution in [0.4, 0.5) is 0 Å². The van der Waals surface area contributed by atoms with E-state index in [1.54, 1.807) is 0 Å². The number of hydrogen-bond donors (Lipinski definition) is 0. The first-order valence-electron chi connectivity index (χ1n) is 7.69. The maximum atomic E-state index is 12.4. The smallest absolute Gasteiger partial charge is 0.163 e. The van der Waals surface area contributed by atoms with Crippen LogP contribution in [-0.4, -0.2) is 5.78 Å². The van der Waals surface area contributed by atoms with Gasteiger partial charge in [-0.25, -0.2) is 0 Å². The lowest BCUT2D eigenvalue weighted by Gasteiger charge is -2.21. The zero-order valence-corrected chi connectivity index (χ0v) is 12.6. The van der Waals surface area contributed by atoms with Crippen molar-refractivity contribution in [3.63, 3.8) is 0 Å². The minimum atomic E-state index is 0.348. The van der Waals surface area contributed by atoms with Crippen LogP contribution in [0.15, 0.2) is 12.1 Å². The van der Waals surface area contributed by atoms with Crippen molar-refractivity contribution >= 4 is 5.78 Å². The minimum absolute atomic E-state index is 0.348. The average molecular weight is 258 g/mol. The summed E-state index contributed by atoms with van der Waals surface area (Å²) in [5.74, 6) is 1.14. The van der Waals surface area contributed by atoms with Crippen LogP contribution >= 0.6 is 0 Å². The fourth-order valence-electron chi connectivity index (χ4n) is 3.56. The number of benzene rings is 1. The van der Waals surface area contributed by atoms with E-state index >= 15 is 0 Å². The highest BCUT2D eigenvalue weighted by Gasteiger charge is 2.17. The molecule has 0 aliphatic heterocycles. The Morgan fingerprint density at radius 3 is 2.21 bits per heavy atom. The highest BCUT2D eigenvalue weighted by Crippen LogP contribution is 2.28. The second kappa shape index (κ2) is 6.36. The first-order chi connectivity index (χ1) is 9.08. The van der Waals surface area contributed by atoms with E-state index in [0.717, 1.165) is 35.4 Å². The van der Waals surface area contributed by atoms with Gasteiger partial charge in [-0.3, -0.25) is 4.79 Å². The maximum Gasteiger partial charge on any atom is 0.163 e. The van der Waals surface area contributed by atoms with E-state index in [1.807, 2.05) is 0 Å². The standard InChI is InChI=1S/C18H26O/c1-13-11-14(2)18(15(3)12-13)17(19)10-9-16-7-5-4-6-8-16/h11-12,16H,4-10H2,1-3H3. The van der Waals surface area contributed by atoms with Crippen LogP contribution in [0.1, 0.15) is 72.0 Å². The van der Waals surface area contributed by atoms with Gasteiger partial charge >= 0.3 is 0 Å². The molecule has 0 saturated heterocycles. The van der Waals surface area contributed by atoms with Gasteiger partial charge in [-0.15, -0.1) is 0 Å². The third kappa shape index (κ3) is 3.68. The first kappa shape index (κ1) is 14.3. The van der Waals surface area contributed by atoms with Gasteiger partial charge in [0.25, 0.3) is 0 Å². The van der Waals surface area contributed by atoms with Gasteiger partial charge < -0.3 is 0 Å². The molecule has 0 bridgehead atoms. The number of carbonyl (C=O) groups is 1. The van der Waals surface area contributed by atoms with Gasteiger partial charge in [-0.2, -0.15) is 0 Å². The van der Waals surface area contributed by atoms with E-state index in [1.165, 1.54) is 37.7 Å². The summed E-state index contributed by atoms with van der Waals surface area (Å²) in [6, 6.07) is 4.25. The minimum Gasteiger partial charge on any atom is -0.294 e. The molecule has 0 unspecified atom stereocenters. The van der Waals surface area contributed by atoms with Gasteiger partial charge in [-0.05, 0) is 44.2 Å². The van der Waals surface area contributed by atoms with Crippen molar-refractivity contribution in [3.05, 3.63) is 34.4 Å². The van der Waals surface area contributed by atoms with E-state index in [4.69, 9.17) is 0 Å². The molecule has 0 atom stereocenters. The molecule has 1 aliphatic carbocycles. The Morgan fingerprint density at radius 1 is 1.05 bits per heavy atom. The summed E-state index contributed by atoms with van der Waals surface area (Å²) < 4.78 is 0. The molecule has 1 heteroatoms. The topological polar surface area (TPSA) is 17.1 Å². The maximum absolute atomic E-state index is 12.4. The van der Waals surface area contributed by atoms with E-state index in [0.29, 0.717) is 5.78 Å². The van der Waals surface area contributed by atoms with Crippen molar-refractivity contribution in [2.24, 2.45) is 5.92 Å². The van der Waals surface area contributed by atoms with Crippen molar-refractivity contribution in [1.82, 2.24) is 0 Å². The molecular weight excluding hydrogens is 232 g/mol. The highest BCUT2D eigenvalue weighted by atomic mass is 16.1. The lowest BCUT2D eigenvalue weighted by molar-refractivity contribution is 0.0969. The highest BCUT2D eigenvalue weighted by molar-refractivity contribution is 5.98. The van der Waals surface area contributed by atoms with Crippen molar-refractivity contribution in [1.29, 1.82) is 0 Å². The quantitative estimate of drug-likeness (QED) is 0.682. The van der Waals surface area contributed by atoms with Gasteiger partial charge in [0.2, 0.25) is 0 Å². The van der Waals surface area contributed by atoms with Crippen molar-refractivity contribution < 1.29 is 4.79 Å². The molecule has 1 aromatic rings. The molecule has 1 saturated carbocycles. The van der Waals surface area contributed by atoms with Gasteiger partial charge in [0.1, 0.15) is 0 Å². The van der Waals surface area contributed by atoms with E-state index < -0.39 is 0 Å². The number of rotatable bonds is 4. The Labute approximate surface area is 117 Å². The molecule has 1 aromatic carbocycles. The third-order valence-corrected chi connectivity index (χ3v) is 4.46. The van der Waals surface area contributed by atoms with Crippen LogP contribution in [0, 0.1) is 26.7 Å². The Morgan fingerprint density at radius 2 is 1.63 bits per heavy atom. The summed E-state index contributed by atoms with van der Waals surface area (Å²) >= 11 is 0. The normalized spacial score (nSPS) is 16.6. The number of carbonyl (C=O) groups excluding carboxylic acids is 1. The molecule has 0 N–H and O–H groups in total. The molecule has 0 amide bonds. The fourth-order valence-corrected chi connectivity index (χ4v) is 3.56. The van der Waals surface area contributed by atoms with Gasteiger partial charge in [-0.1, -0.05) is 49.8 Å². The van der Waals surface area contributed by atoms with Crippen LogP contribution in [-0.2, 0) is 0 Å². The molecule has 104 valence electrons. The SMILES string of the molecule is Cc1cc(C)c(C(=O)CCC2CCCCC2)c(C)c1. The molecule has 0 spiro atoms.